The second-order valence-corrected chi connectivity index (χ2v) is 22.1. The lowest BCUT2D eigenvalue weighted by atomic mass is 9.77. The average Bonchev–Trinajstić information content (AvgIpc) is 3.64. The van der Waals surface area contributed by atoms with E-state index in [0.29, 0.717) is 18.9 Å². The molecule has 0 bridgehead atoms. The number of aliphatic hydroxyl groups is 1. The van der Waals surface area contributed by atoms with E-state index in [9.17, 15) is 5.11 Å². The smallest absolute Gasteiger partial charge is 0.261 e. The Bertz CT molecular complexity index is 1450. The zero-order valence-corrected chi connectivity index (χ0v) is 34.1. The van der Waals surface area contributed by atoms with Crippen LogP contribution in [-0.2, 0) is 23.4 Å². The van der Waals surface area contributed by atoms with Crippen molar-refractivity contribution in [1.29, 1.82) is 0 Å². The lowest BCUT2D eigenvalue weighted by molar-refractivity contribution is -0.401. The molecule has 2 aromatic rings. The molecule has 6 rings (SSSR count). The van der Waals surface area contributed by atoms with Gasteiger partial charge in [0, 0.05) is 30.8 Å². The molecule has 1 N–H and O–H groups in total. The molecule has 6 nitrogen and oxygen atoms in total. The summed E-state index contributed by atoms with van der Waals surface area (Å²) in [6.07, 6.45) is 9.77. The van der Waals surface area contributed by atoms with Crippen LogP contribution in [0.5, 0.6) is 0 Å². The molecule has 0 radical (unpaired) electrons. The Kier molecular flexibility index (Phi) is 11.0. The summed E-state index contributed by atoms with van der Waals surface area (Å²) in [5.74, 6) is -0.859. The van der Waals surface area contributed by atoms with E-state index in [2.05, 4.69) is 128 Å². The van der Waals surface area contributed by atoms with E-state index in [1.165, 1.54) is 10.4 Å². The molecular weight excluding hydrogens is 653 g/mol. The summed E-state index contributed by atoms with van der Waals surface area (Å²) in [5, 5.41) is 13.0. The molecule has 0 aliphatic carbocycles. The van der Waals surface area contributed by atoms with E-state index in [1.54, 1.807) is 0 Å². The molecule has 4 heterocycles. The van der Waals surface area contributed by atoms with Crippen LogP contribution in [0.2, 0.25) is 5.04 Å². The minimum absolute atomic E-state index is 0.0400. The molecule has 4 aliphatic rings. The minimum Gasteiger partial charge on any atom is -0.407 e. The van der Waals surface area contributed by atoms with Gasteiger partial charge >= 0.3 is 0 Å². The van der Waals surface area contributed by atoms with Crippen molar-refractivity contribution in [2.75, 3.05) is 6.61 Å². The normalized spacial score (nSPS) is 38.4. The van der Waals surface area contributed by atoms with Gasteiger partial charge in [0.25, 0.3) is 8.32 Å². The van der Waals surface area contributed by atoms with E-state index in [-0.39, 0.29) is 35.0 Å². The highest BCUT2D eigenvalue weighted by atomic mass is 28.4. The Morgan fingerprint density at radius 1 is 0.922 bits per heavy atom. The number of benzene rings is 2. The first-order chi connectivity index (χ1) is 24.1. The van der Waals surface area contributed by atoms with Gasteiger partial charge in [0.1, 0.15) is 0 Å². The van der Waals surface area contributed by atoms with E-state index in [0.717, 1.165) is 38.5 Å². The number of hydrogen-bond acceptors (Lipinski definition) is 6. The SMILES string of the molecule is CC[C@@H](CO[Si](c1ccccc1)(c1ccccc1)C(C)(C)C)[C@H]1O[C@@]2(C=CC[C@@]3(O[C@@](CC)([C@@H]4CC[C@](C)([C@H](C)O)O4)C[C@H]3C)O2)[C@H](C)C[C@@H]1C. The lowest BCUT2D eigenvalue weighted by Crippen LogP contribution is -2.67. The molecule has 7 heteroatoms. The molecule has 51 heavy (non-hydrogen) atoms. The van der Waals surface area contributed by atoms with Gasteiger partial charge < -0.3 is 28.5 Å². The standard InChI is InChI=1S/C44H66O6Si/c1-11-35(30-46-51(40(7,8)9,36-20-15-13-16-21-36)37-22-17-14-18-23-37)39-31(3)28-32(4)43(48-39)25-19-26-44(50-43)33(5)29-42(12-2,49-44)38-24-27-41(10,47-38)34(6)45/h13-23,25,31-35,38-39,45H,11-12,24,26-30H2,1-10H3/t31-,32+,33+,34-,35-,38-,39-,41+,42+,43+,44+/m0/s1. The zero-order chi connectivity index (χ0) is 36.9. The largest absolute Gasteiger partial charge is 0.407 e. The van der Waals surface area contributed by atoms with Crippen molar-refractivity contribution in [3.63, 3.8) is 0 Å². The van der Waals surface area contributed by atoms with E-state index < -0.39 is 37.2 Å². The fourth-order valence-corrected chi connectivity index (χ4v) is 14.7. The van der Waals surface area contributed by atoms with Crippen molar-refractivity contribution in [2.24, 2.45) is 23.7 Å². The van der Waals surface area contributed by atoms with Gasteiger partial charge in [-0.3, -0.25) is 0 Å². The van der Waals surface area contributed by atoms with Crippen LogP contribution in [0.3, 0.4) is 0 Å². The summed E-state index contributed by atoms with van der Waals surface area (Å²) in [6.45, 7) is 22.9. The molecule has 0 aromatic heterocycles. The molecule has 4 aliphatic heterocycles. The summed E-state index contributed by atoms with van der Waals surface area (Å²) >= 11 is 0. The van der Waals surface area contributed by atoms with Crippen molar-refractivity contribution in [3.05, 3.63) is 72.8 Å². The number of hydrogen-bond donors (Lipinski definition) is 1. The number of rotatable bonds is 10. The first-order valence-electron chi connectivity index (χ1n) is 20.0. The summed E-state index contributed by atoms with van der Waals surface area (Å²) in [5.41, 5.74) is -1.03. The Morgan fingerprint density at radius 2 is 1.55 bits per heavy atom. The Morgan fingerprint density at radius 3 is 2.08 bits per heavy atom. The number of aliphatic hydroxyl groups excluding tert-OH is 1. The van der Waals surface area contributed by atoms with Crippen LogP contribution in [-0.4, -0.2) is 61.1 Å². The van der Waals surface area contributed by atoms with Crippen LogP contribution in [0.1, 0.15) is 114 Å². The topological polar surface area (TPSA) is 66.4 Å². The second kappa shape index (κ2) is 14.4. The third-order valence-electron chi connectivity index (χ3n) is 13.5. The van der Waals surface area contributed by atoms with Gasteiger partial charge in [-0.25, -0.2) is 0 Å². The molecule has 0 amide bonds. The van der Waals surface area contributed by atoms with Crippen LogP contribution in [0, 0.1) is 23.7 Å². The molecule has 2 spiro atoms. The summed E-state index contributed by atoms with van der Waals surface area (Å²) < 4.78 is 36.1. The van der Waals surface area contributed by atoms with Crippen molar-refractivity contribution in [1.82, 2.24) is 0 Å². The zero-order valence-electron chi connectivity index (χ0n) is 33.1. The first-order valence-corrected chi connectivity index (χ1v) is 21.9. The predicted molar refractivity (Wildman–Crippen MR) is 208 cm³/mol. The highest BCUT2D eigenvalue weighted by molar-refractivity contribution is 6.99. The van der Waals surface area contributed by atoms with Gasteiger partial charge in [-0.05, 0) is 79.8 Å². The maximum atomic E-state index is 10.5. The van der Waals surface area contributed by atoms with E-state index in [1.807, 2.05) is 13.8 Å². The summed E-state index contributed by atoms with van der Waals surface area (Å²) in [4.78, 5) is 0. The summed E-state index contributed by atoms with van der Waals surface area (Å²) in [7, 11) is -2.71. The van der Waals surface area contributed by atoms with Crippen LogP contribution in [0.15, 0.2) is 72.8 Å². The summed E-state index contributed by atoms with van der Waals surface area (Å²) in [6, 6.07) is 21.9. The van der Waals surface area contributed by atoms with Crippen LogP contribution in [0.25, 0.3) is 0 Å². The van der Waals surface area contributed by atoms with E-state index in [4.69, 9.17) is 23.4 Å². The Labute approximate surface area is 309 Å². The Hall–Kier alpha value is -1.84. The van der Waals surface area contributed by atoms with Crippen molar-refractivity contribution >= 4 is 18.7 Å². The third kappa shape index (κ3) is 6.76. The fraction of sp³-hybridized carbons (Fsp3) is 0.682. The maximum absolute atomic E-state index is 10.5. The van der Waals surface area contributed by atoms with Crippen molar-refractivity contribution in [2.45, 2.75) is 160 Å². The fourth-order valence-electron chi connectivity index (χ4n) is 10.1. The molecule has 282 valence electrons. The van der Waals surface area contributed by atoms with Crippen molar-refractivity contribution < 1.29 is 28.5 Å². The average molecular weight is 719 g/mol. The van der Waals surface area contributed by atoms with Gasteiger partial charge in [0.05, 0.1) is 29.5 Å². The van der Waals surface area contributed by atoms with Crippen LogP contribution >= 0.6 is 0 Å². The molecule has 2 aromatic carbocycles. The Balaban J connectivity index is 1.27. The molecule has 11 atom stereocenters. The van der Waals surface area contributed by atoms with Crippen LogP contribution < -0.4 is 10.4 Å². The van der Waals surface area contributed by atoms with Gasteiger partial charge in [-0.15, -0.1) is 0 Å². The van der Waals surface area contributed by atoms with Crippen molar-refractivity contribution in [3.8, 4) is 0 Å². The number of ether oxygens (including phenoxy) is 4. The monoisotopic (exact) mass is 718 g/mol. The molecule has 3 fully saturated rings. The van der Waals surface area contributed by atoms with Gasteiger partial charge in [0.15, 0.2) is 11.6 Å². The quantitative estimate of drug-likeness (QED) is 0.196. The lowest BCUT2D eigenvalue weighted by Gasteiger charge is -2.54. The van der Waals surface area contributed by atoms with Crippen LogP contribution in [0.4, 0.5) is 0 Å². The third-order valence-corrected chi connectivity index (χ3v) is 18.5. The molecule has 0 unspecified atom stereocenters. The van der Waals surface area contributed by atoms with Gasteiger partial charge in [0.2, 0.25) is 0 Å². The second-order valence-electron chi connectivity index (χ2n) is 17.8. The minimum atomic E-state index is -2.71. The highest BCUT2D eigenvalue weighted by Crippen LogP contribution is 2.57. The van der Waals surface area contributed by atoms with Gasteiger partial charge in [-0.2, -0.15) is 0 Å². The van der Waals surface area contributed by atoms with Gasteiger partial charge in [-0.1, -0.05) is 122 Å². The maximum Gasteiger partial charge on any atom is 0.261 e. The molecule has 0 saturated carbocycles. The highest BCUT2D eigenvalue weighted by Gasteiger charge is 2.64. The van der Waals surface area contributed by atoms with E-state index >= 15 is 0 Å². The predicted octanol–water partition coefficient (Wildman–Crippen LogP) is 8.54. The first kappa shape index (κ1) is 38.9. The molecule has 3 saturated heterocycles. The molecular formula is C44H66O6Si.